The van der Waals surface area contributed by atoms with E-state index in [1.807, 2.05) is 65.3 Å². The van der Waals surface area contributed by atoms with Gasteiger partial charge in [-0.05, 0) is 66.1 Å². The quantitative estimate of drug-likeness (QED) is 0.355. The molecule has 2 aliphatic rings. The number of aliphatic hydroxyl groups excluding tert-OH is 1. The summed E-state index contributed by atoms with van der Waals surface area (Å²) in [6, 6.07) is 16.1. The zero-order valence-electron chi connectivity index (χ0n) is 20.6. The molecule has 0 bridgehead atoms. The number of benzene rings is 2. The predicted octanol–water partition coefficient (Wildman–Crippen LogP) is 5.20. The van der Waals surface area contributed by atoms with Gasteiger partial charge in [-0.2, -0.15) is 0 Å². The summed E-state index contributed by atoms with van der Waals surface area (Å²) < 4.78 is 1.98. The number of anilines is 1. The Hall–Kier alpha value is -4.23. The third kappa shape index (κ3) is 3.65. The molecule has 184 valence electrons. The molecule has 1 aliphatic carbocycles. The van der Waals surface area contributed by atoms with Crippen molar-refractivity contribution < 1.29 is 9.90 Å². The zero-order chi connectivity index (χ0) is 25.1. The lowest BCUT2D eigenvalue weighted by atomic mass is 9.93. The zero-order valence-corrected chi connectivity index (χ0v) is 20.6. The summed E-state index contributed by atoms with van der Waals surface area (Å²) >= 11 is 0. The second-order valence-corrected chi connectivity index (χ2v) is 10.1. The third-order valence-corrected chi connectivity index (χ3v) is 7.64. The van der Waals surface area contributed by atoms with E-state index < -0.39 is 0 Å². The van der Waals surface area contributed by atoms with Crippen molar-refractivity contribution in [2.75, 3.05) is 11.4 Å². The third-order valence-electron chi connectivity index (χ3n) is 7.64. The Bertz CT molecular complexity index is 1680. The molecule has 1 amide bonds. The molecule has 1 fully saturated rings. The standard InChI is InChI=1S/C30H27N5O2/c1-34-13-10-21(16-34)28-32-27-24(9-12-31-29(27)33-28)23-3-2-4-26(25(23)17-36)35-14-11-20-15-19(18-5-6-18)7-8-22(20)30(35)37/h2-4,7-10,12-13,15-16,18,36H,5-6,11,14,17H2,1H3,(H,31,32,33). The summed E-state index contributed by atoms with van der Waals surface area (Å²) in [6.07, 6.45) is 9.02. The molecule has 0 unspecified atom stereocenters. The van der Waals surface area contributed by atoms with Gasteiger partial charge in [-0.1, -0.05) is 24.3 Å². The number of aliphatic hydroxyl groups is 1. The Morgan fingerprint density at radius 3 is 2.76 bits per heavy atom. The molecule has 5 aromatic rings. The molecule has 7 rings (SSSR count). The van der Waals surface area contributed by atoms with Crippen LogP contribution in [0.3, 0.4) is 0 Å². The van der Waals surface area contributed by atoms with Crippen molar-refractivity contribution in [1.82, 2.24) is 19.5 Å². The van der Waals surface area contributed by atoms with Crippen LogP contribution in [0.4, 0.5) is 5.69 Å². The van der Waals surface area contributed by atoms with E-state index in [1.165, 1.54) is 18.4 Å². The van der Waals surface area contributed by atoms with Crippen LogP contribution in [0.2, 0.25) is 0 Å². The van der Waals surface area contributed by atoms with E-state index in [1.54, 1.807) is 6.20 Å². The number of nitrogens with zero attached hydrogens (tertiary/aromatic N) is 4. The number of fused-ring (bicyclic) bond motifs is 2. The summed E-state index contributed by atoms with van der Waals surface area (Å²) in [7, 11) is 1.97. The van der Waals surface area contributed by atoms with Crippen LogP contribution in [-0.4, -0.2) is 37.1 Å². The number of pyridine rings is 1. The van der Waals surface area contributed by atoms with Crippen LogP contribution in [0.5, 0.6) is 0 Å². The molecule has 7 nitrogen and oxygen atoms in total. The Balaban J connectivity index is 1.30. The number of aromatic amines is 1. The number of hydrogen-bond donors (Lipinski definition) is 2. The lowest BCUT2D eigenvalue weighted by Crippen LogP contribution is -2.38. The van der Waals surface area contributed by atoms with E-state index >= 15 is 0 Å². The van der Waals surface area contributed by atoms with Gasteiger partial charge in [0.1, 0.15) is 11.3 Å². The van der Waals surface area contributed by atoms with Gasteiger partial charge in [-0.3, -0.25) is 4.79 Å². The van der Waals surface area contributed by atoms with Crippen molar-refractivity contribution in [2.24, 2.45) is 7.05 Å². The predicted molar refractivity (Wildman–Crippen MR) is 143 cm³/mol. The highest BCUT2D eigenvalue weighted by molar-refractivity contribution is 6.09. The van der Waals surface area contributed by atoms with E-state index in [4.69, 9.17) is 4.98 Å². The lowest BCUT2D eigenvalue weighted by molar-refractivity contribution is 0.0980. The summed E-state index contributed by atoms with van der Waals surface area (Å²) in [4.78, 5) is 28.1. The van der Waals surface area contributed by atoms with Crippen LogP contribution >= 0.6 is 0 Å². The number of hydrogen-bond acceptors (Lipinski definition) is 4. The number of H-pyrrole nitrogens is 1. The van der Waals surface area contributed by atoms with Crippen molar-refractivity contribution in [1.29, 1.82) is 0 Å². The van der Waals surface area contributed by atoms with Crippen LogP contribution in [0.25, 0.3) is 33.7 Å². The minimum absolute atomic E-state index is 0.0125. The molecule has 0 atom stereocenters. The molecular weight excluding hydrogens is 462 g/mol. The number of rotatable bonds is 5. The first-order valence-corrected chi connectivity index (χ1v) is 12.8. The van der Waals surface area contributed by atoms with E-state index in [-0.39, 0.29) is 12.5 Å². The van der Waals surface area contributed by atoms with Crippen molar-refractivity contribution in [3.05, 3.63) is 89.4 Å². The van der Waals surface area contributed by atoms with Crippen LogP contribution in [0.1, 0.15) is 45.8 Å². The fraction of sp³-hybridized carbons (Fsp3) is 0.233. The Labute approximate surface area is 214 Å². The first kappa shape index (κ1) is 22.0. The molecule has 2 N–H and O–H groups in total. The number of carbonyl (C=O) groups is 1. The molecule has 37 heavy (non-hydrogen) atoms. The number of carbonyl (C=O) groups excluding carboxylic acids is 1. The topological polar surface area (TPSA) is 87.0 Å². The van der Waals surface area contributed by atoms with Gasteiger partial charge in [0.25, 0.3) is 5.91 Å². The maximum absolute atomic E-state index is 13.6. The second kappa shape index (κ2) is 8.42. The van der Waals surface area contributed by atoms with Gasteiger partial charge in [0.2, 0.25) is 0 Å². The lowest BCUT2D eigenvalue weighted by Gasteiger charge is -2.31. The maximum Gasteiger partial charge on any atom is 0.258 e. The first-order valence-electron chi connectivity index (χ1n) is 12.8. The van der Waals surface area contributed by atoms with Gasteiger partial charge in [0.15, 0.2) is 5.65 Å². The molecule has 3 aromatic heterocycles. The van der Waals surface area contributed by atoms with Crippen LogP contribution in [-0.2, 0) is 20.1 Å². The second-order valence-electron chi connectivity index (χ2n) is 10.1. The molecule has 0 spiro atoms. The molecule has 2 aromatic carbocycles. The van der Waals surface area contributed by atoms with Gasteiger partial charge in [-0.15, -0.1) is 0 Å². The highest BCUT2D eigenvalue weighted by Crippen LogP contribution is 2.42. The number of aromatic nitrogens is 4. The monoisotopic (exact) mass is 489 g/mol. The molecule has 0 saturated heterocycles. The SMILES string of the molecule is Cn1ccc(-c2nc3c(-c4cccc(N5CCc6cc(C7CC7)ccc6C5=O)c4CO)ccnc3[nH]2)c1. The van der Waals surface area contributed by atoms with E-state index in [0.29, 0.717) is 23.7 Å². The molecular formula is C30H27N5O2. The van der Waals surface area contributed by atoms with E-state index in [2.05, 4.69) is 22.1 Å². The number of amides is 1. The minimum Gasteiger partial charge on any atom is -0.392 e. The van der Waals surface area contributed by atoms with Crippen LogP contribution in [0, 0.1) is 0 Å². The smallest absolute Gasteiger partial charge is 0.258 e. The normalized spacial score (nSPS) is 15.4. The van der Waals surface area contributed by atoms with Gasteiger partial charge in [0, 0.05) is 54.4 Å². The average molecular weight is 490 g/mol. The molecule has 1 aliphatic heterocycles. The van der Waals surface area contributed by atoms with Gasteiger partial charge >= 0.3 is 0 Å². The van der Waals surface area contributed by atoms with Crippen molar-refractivity contribution in [2.45, 2.75) is 31.8 Å². The first-order chi connectivity index (χ1) is 18.1. The van der Waals surface area contributed by atoms with E-state index in [9.17, 15) is 9.90 Å². The average Bonchev–Trinajstić information content (AvgIpc) is 3.53. The molecule has 0 radical (unpaired) electrons. The van der Waals surface area contributed by atoms with E-state index in [0.717, 1.165) is 51.3 Å². The molecule has 4 heterocycles. The largest absolute Gasteiger partial charge is 0.392 e. The van der Waals surface area contributed by atoms with Crippen molar-refractivity contribution in [3.8, 4) is 22.5 Å². The Morgan fingerprint density at radius 1 is 1.08 bits per heavy atom. The highest BCUT2D eigenvalue weighted by atomic mass is 16.3. The number of nitrogens with one attached hydrogen (secondary N) is 1. The van der Waals surface area contributed by atoms with Crippen LogP contribution < -0.4 is 4.90 Å². The van der Waals surface area contributed by atoms with Crippen molar-refractivity contribution in [3.63, 3.8) is 0 Å². The fourth-order valence-electron chi connectivity index (χ4n) is 5.56. The van der Waals surface area contributed by atoms with Gasteiger partial charge in [0.05, 0.1) is 12.3 Å². The fourth-order valence-corrected chi connectivity index (χ4v) is 5.56. The minimum atomic E-state index is -0.192. The van der Waals surface area contributed by atoms with Crippen molar-refractivity contribution >= 4 is 22.8 Å². The summed E-state index contributed by atoms with van der Waals surface area (Å²) in [6.45, 7) is 0.394. The number of aryl methyl sites for hydroxylation is 1. The summed E-state index contributed by atoms with van der Waals surface area (Å²) in [5, 5.41) is 10.6. The Kier molecular flexibility index (Phi) is 5.01. The highest BCUT2D eigenvalue weighted by Gasteiger charge is 2.30. The van der Waals surface area contributed by atoms with Gasteiger partial charge < -0.3 is 19.6 Å². The molecule has 7 heteroatoms. The van der Waals surface area contributed by atoms with Crippen LogP contribution in [0.15, 0.2) is 67.1 Å². The Morgan fingerprint density at radius 2 is 1.97 bits per heavy atom. The summed E-state index contributed by atoms with van der Waals surface area (Å²) in [5.41, 5.74) is 8.81. The van der Waals surface area contributed by atoms with Gasteiger partial charge in [-0.25, -0.2) is 9.97 Å². The number of imidazole rings is 1. The summed E-state index contributed by atoms with van der Waals surface area (Å²) in [5.74, 6) is 1.39. The maximum atomic E-state index is 13.6. The molecule has 1 saturated carbocycles.